The zero-order valence-electron chi connectivity index (χ0n) is 14.7. The maximum absolute atomic E-state index is 12.6. The Bertz CT molecular complexity index is 833. The van der Waals surface area contributed by atoms with Crippen molar-refractivity contribution >= 4 is 15.9 Å². The van der Waals surface area contributed by atoms with Gasteiger partial charge < -0.3 is 5.32 Å². The normalized spacial score (nSPS) is 12.6. The van der Waals surface area contributed by atoms with Crippen LogP contribution in [0, 0.1) is 6.92 Å². The Balaban J connectivity index is 2.09. The highest BCUT2D eigenvalue weighted by atomic mass is 32.2. The molecule has 0 aliphatic carbocycles. The lowest BCUT2D eigenvalue weighted by atomic mass is 10.1. The number of hydrogen-bond acceptors (Lipinski definition) is 3. The minimum absolute atomic E-state index is 0.100. The van der Waals surface area contributed by atoms with Crippen molar-refractivity contribution in [2.45, 2.75) is 37.6 Å². The number of carbonyl (C=O) groups excluding carboxylic acids is 1. The van der Waals surface area contributed by atoms with Crippen molar-refractivity contribution in [1.82, 2.24) is 10.0 Å². The fourth-order valence-corrected chi connectivity index (χ4v) is 3.87. The van der Waals surface area contributed by atoms with Crippen LogP contribution in [-0.4, -0.2) is 27.4 Å². The van der Waals surface area contributed by atoms with E-state index >= 15 is 0 Å². The molecule has 0 aliphatic heterocycles. The van der Waals surface area contributed by atoms with Gasteiger partial charge in [-0.15, -0.1) is 0 Å². The third kappa shape index (κ3) is 5.14. The Morgan fingerprint density at radius 3 is 2.44 bits per heavy atom. The lowest BCUT2D eigenvalue weighted by molar-refractivity contribution is 0.0962. The van der Waals surface area contributed by atoms with Gasteiger partial charge in [-0.05, 0) is 49.9 Å². The van der Waals surface area contributed by atoms with Gasteiger partial charge in [-0.2, -0.15) is 0 Å². The Hall–Kier alpha value is -2.18. The van der Waals surface area contributed by atoms with Crippen molar-refractivity contribution in [3.05, 3.63) is 65.2 Å². The van der Waals surface area contributed by atoms with Crippen molar-refractivity contribution < 1.29 is 13.2 Å². The molecule has 1 atom stereocenters. The Kier molecular flexibility index (Phi) is 6.33. The molecule has 6 heteroatoms. The molecule has 0 saturated carbocycles. The van der Waals surface area contributed by atoms with Gasteiger partial charge in [0.05, 0.1) is 4.90 Å². The van der Waals surface area contributed by atoms with Crippen molar-refractivity contribution in [3.8, 4) is 0 Å². The van der Waals surface area contributed by atoms with Crippen LogP contribution >= 0.6 is 0 Å². The molecule has 2 aromatic carbocycles. The zero-order chi connectivity index (χ0) is 18.4. The summed E-state index contributed by atoms with van der Waals surface area (Å²) in [4.78, 5) is 12.0. The van der Waals surface area contributed by atoms with Crippen LogP contribution in [0.4, 0.5) is 0 Å². The summed E-state index contributed by atoms with van der Waals surface area (Å²) < 4.78 is 27.9. The van der Waals surface area contributed by atoms with Crippen LogP contribution < -0.4 is 10.0 Å². The molecule has 0 unspecified atom stereocenters. The first-order valence-electron chi connectivity index (χ1n) is 8.22. The number of aryl methyl sites for hydroxylation is 2. The van der Waals surface area contributed by atoms with Gasteiger partial charge in [0.15, 0.2) is 0 Å². The first kappa shape index (κ1) is 19.1. The molecule has 0 fully saturated rings. The summed E-state index contributed by atoms with van der Waals surface area (Å²) >= 11 is 0. The lowest BCUT2D eigenvalue weighted by Gasteiger charge is -2.15. The maximum Gasteiger partial charge on any atom is 0.251 e. The first-order chi connectivity index (χ1) is 11.8. The molecule has 0 heterocycles. The van der Waals surface area contributed by atoms with E-state index in [1.807, 2.05) is 37.3 Å². The maximum atomic E-state index is 12.6. The first-order valence-corrected chi connectivity index (χ1v) is 9.71. The molecule has 0 aromatic heterocycles. The molecule has 0 aliphatic rings. The van der Waals surface area contributed by atoms with Gasteiger partial charge in [0.1, 0.15) is 0 Å². The van der Waals surface area contributed by atoms with Gasteiger partial charge in [-0.3, -0.25) is 4.79 Å². The molecular weight excluding hydrogens is 336 g/mol. The van der Waals surface area contributed by atoms with Gasteiger partial charge >= 0.3 is 0 Å². The molecule has 0 radical (unpaired) electrons. The number of benzene rings is 2. The largest absolute Gasteiger partial charge is 0.355 e. The third-order valence-electron chi connectivity index (χ3n) is 4.06. The Labute approximate surface area is 149 Å². The van der Waals surface area contributed by atoms with Crippen LogP contribution in [0.1, 0.15) is 34.8 Å². The third-order valence-corrected chi connectivity index (χ3v) is 5.64. The fourth-order valence-electron chi connectivity index (χ4n) is 2.57. The number of hydrogen-bond donors (Lipinski definition) is 2. The number of nitrogens with one attached hydrogen (secondary N) is 2. The molecule has 2 N–H and O–H groups in total. The van der Waals surface area contributed by atoms with E-state index in [9.17, 15) is 13.2 Å². The highest BCUT2D eigenvalue weighted by Crippen LogP contribution is 2.17. The molecule has 2 rings (SSSR count). The average Bonchev–Trinajstić information content (AvgIpc) is 2.60. The fraction of sp³-hybridized carbons (Fsp3) is 0.316. The van der Waals surface area contributed by atoms with E-state index in [0.29, 0.717) is 12.0 Å². The van der Waals surface area contributed by atoms with E-state index in [2.05, 4.69) is 10.0 Å². The van der Waals surface area contributed by atoms with E-state index in [1.165, 1.54) is 24.7 Å². The average molecular weight is 360 g/mol. The second-order valence-corrected chi connectivity index (χ2v) is 7.82. The summed E-state index contributed by atoms with van der Waals surface area (Å²) in [6.45, 7) is 3.62. The Morgan fingerprint density at radius 2 is 1.80 bits per heavy atom. The second-order valence-electron chi connectivity index (χ2n) is 6.10. The summed E-state index contributed by atoms with van der Waals surface area (Å²) in [6, 6.07) is 14.3. The molecule has 0 spiro atoms. The summed E-state index contributed by atoms with van der Waals surface area (Å²) in [5.41, 5.74) is 2.27. The smallest absolute Gasteiger partial charge is 0.251 e. The van der Waals surface area contributed by atoms with E-state index in [-0.39, 0.29) is 16.8 Å². The SMILES string of the molecule is CNC(=O)c1cc(S(=O)(=O)N[C@@H](C)CCc2ccccc2)ccc1C. The summed E-state index contributed by atoms with van der Waals surface area (Å²) in [5.74, 6) is -0.299. The van der Waals surface area contributed by atoms with Crippen LogP contribution in [0.5, 0.6) is 0 Å². The molecule has 2 aromatic rings. The summed E-state index contributed by atoms with van der Waals surface area (Å²) in [7, 11) is -2.15. The predicted molar refractivity (Wildman–Crippen MR) is 99.1 cm³/mol. The molecule has 5 nitrogen and oxygen atoms in total. The number of sulfonamides is 1. The second kappa shape index (κ2) is 8.27. The van der Waals surface area contributed by atoms with E-state index < -0.39 is 10.0 Å². The van der Waals surface area contributed by atoms with Crippen molar-refractivity contribution in [1.29, 1.82) is 0 Å². The standard InChI is InChI=1S/C19H24N2O3S/c1-14-9-12-17(13-18(14)19(22)20-3)25(23,24)21-15(2)10-11-16-7-5-4-6-8-16/h4-9,12-13,15,21H,10-11H2,1-3H3,(H,20,22)/t15-/m0/s1. The van der Waals surface area contributed by atoms with Gasteiger partial charge in [-0.1, -0.05) is 36.4 Å². The number of carbonyl (C=O) groups is 1. The quantitative estimate of drug-likeness (QED) is 0.797. The highest BCUT2D eigenvalue weighted by Gasteiger charge is 2.19. The van der Waals surface area contributed by atoms with Gasteiger partial charge in [0.2, 0.25) is 10.0 Å². The van der Waals surface area contributed by atoms with Crippen LogP contribution in [0.15, 0.2) is 53.4 Å². The Morgan fingerprint density at radius 1 is 1.12 bits per heavy atom. The minimum atomic E-state index is -3.67. The highest BCUT2D eigenvalue weighted by molar-refractivity contribution is 7.89. The minimum Gasteiger partial charge on any atom is -0.355 e. The topological polar surface area (TPSA) is 75.3 Å². The molecular formula is C19H24N2O3S. The summed E-state index contributed by atoms with van der Waals surface area (Å²) in [5, 5.41) is 2.53. The zero-order valence-corrected chi connectivity index (χ0v) is 15.6. The van der Waals surface area contributed by atoms with Gasteiger partial charge in [0.25, 0.3) is 5.91 Å². The van der Waals surface area contributed by atoms with Crippen LogP contribution in [-0.2, 0) is 16.4 Å². The monoisotopic (exact) mass is 360 g/mol. The molecule has 25 heavy (non-hydrogen) atoms. The number of amides is 1. The molecule has 134 valence electrons. The molecule has 0 saturated heterocycles. The van der Waals surface area contributed by atoms with Crippen LogP contribution in [0.3, 0.4) is 0 Å². The van der Waals surface area contributed by atoms with Crippen molar-refractivity contribution in [2.75, 3.05) is 7.05 Å². The van der Waals surface area contributed by atoms with E-state index in [1.54, 1.807) is 13.0 Å². The lowest BCUT2D eigenvalue weighted by Crippen LogP contribution is -2.33. The van der Waals surface area contributed by atoms with Crippen molar-refractivity contribution in [3.63, 3.8) is 0 Å². The van der Waals surface area contributed by atoms with E-state index in [4.69, 9.17) is 0 Å². The van der Waals surface area contributed by atoms with Crippen molar-refractivity contribution in [2.24, 2.45) is 0 Å². The van der Waals surface area contributed by atoms with Gasteiger partial charge in [-0.25, -0.2) is 13.1 Å². The van der Waals surface area contributed by atoms with E-state index in [0.717, 1.165) is 12.0 Å². The summed E-state index contributed by atoms with van der Waals surface area (Å²) in [6.07, 6.45) is 1.49. The van der Waals surface area contributed by atoms with Gasteiger partial charge in [0, 0.05) is 18.7 Å². The predicted octanol–water partition coefficient (Wildman–Crippen LogP) is 2.65. The van der Waals surface area contributed by atoms with Crippen LogP contribution in [0.2, 0.25) is 0 Å². The number of rotatable bonds is 7. The molecule has 1 amide bonds. The molecule has 0 bridgehead atoms. The van der Waals surface area contributed by atoms with Crippen LogP contribution in [0.25, 0.3) is 0 Å².